The quantitative estimate of drug-likeness (QED) is 0.676. The van der Waals surface area contributed by atoms with Crippen LogP contribution in [0.4, 0.5) is 0 Å². The van der Waals surface area contributed by atoms with Crippen molar-refractivity contribution in [2.24, 2.45) is 5.14 Å². The van der Waals surface area contributed by atoms with Crippen molar-refractivity contribution in [3.63, 3.8) is 0 Å². The number of amides is 1. The van der Waals surface area contributed by atoms with Crippen LogP contribution in [0.15, 0.2) is 53.4 Å². The number of hydrogen-bond acceptors (Lipinski definition) is 5. The van der Waals surface area contributed by atoms with Crippen molar-refractivity contribution in [3.8, 4) is 0 Å². The number of ether oxygens (including phenoxy) is 1. The van der Waals surface area contributed by atoms with E-state index in [1.165, 1.54) is 31.2 Å². The van der Waals surface area contributed by atoms with Gasteiger partial charge < -0.3 is 10.1 Å². The number of hydrogen-bond donors (Lipinski definition) is 2. The van der Waals surface area contributed by atoms with Gasteiger partial charge in [-0.2, -0.15) is 0 Å². The lowest BCUT2D eigenvalue weighted by Gasteiger charge is -2.13. The lowest BCUT2D eigenvalue weighted by molar-refractivity contribution is -0.129. The van der Waals surface area contributed by atoms with Gasteiger partial charge in [-0.25, -0.2) is 18.4 Å². The third kappa shape index (κ3) is 6.35. The van der Waals surface area contributed by atoms with Crippen molar-refractivity contribution in [2.45, 2.75) is 24.3 Å². The molecule has 1 amide bonds. The van der Waals surface area contributed by atoms with Crippen molar-refractivity contribution >= 4 is 33.5 Å². The second kappa shape index (κ2) is 8.98. The molecule has 0 aliphatic rings. The first kappa shape index (κ1) is 20.9. The van der Waals surface area contributed by atoms with Gasteiger partial charge in [0, 0.05) is 11.6 Å². The molecule has 0 aliphatic heterocycles. The third-order valence-electron chi connectivity index (χ3n) is 3.70. The second-order valence-electron chi connectivity index (χ2n) is 5.78. The van der Waals surface area contributed by atoms with Crippen LogP contribution in [-0.4, -0.2) is 32.9 Å². The molecule has 144 valence electrons. The molecule has 0 radical (unpaired) electrons. The molecule has 0 saturated carbocycles. The predicted molar refractivity (Wildman–Crippen MR) is 101 cm³/mol. The van der Waals surface area contributed by atoms with Crippen molar-refractivity contribution in [1.82, 2.24) is 5.32 Å². The van der Waals surface area contributed by atoms with Gasteiger partial charge in [0.2, 0.25) is 10.0 Å². The first-order chi connectivity index (χ1) is 12.7. The molecule has 7 nitrogen and oxygen atoms in total. The maximum Gasteiger partial charge on any atom is 0.338 e. The van der Waals surface area contributed by atoms with Crippen LogP contribution in [0.3, 0.4) is 0 Å². The van der Waals surface area contributed by atoms with Gasteiger partial charge in [0.05, 0.1) is 10.5 Å². The van der Waals surface area contributed by atoms with Gasteiger partial charge in [0.1, 0.15) is 0 Å². The maximum absolute atomic E-state index is 12.0. The Balaban J connectivity index is 1.81. The van der Waals surface area contributed by atoms with Gasteiger partial charge in [-0.3, -0.25) is 4.79 Å². The van der Waals surface area contributed by atoms with E-state index in [2.05, 4.69) is 5.32 Å². The van der Waals surface area contributed by atoms with Crippen LogP contribution in [0.1, 0.15) is 22.8 Å². The lowest BCUT2D eigenvalue weighted by atomic mass is 10.1. The summed E-state index contributed by atoms with van der Waals surface area (Å²) in [7, 11) is -3.73. The molecule has 2 aromatic carbocycles. The number of rotatable bonds is 7. The number of nitrogens with one attached hydrogen (secondary N) is 1. The Hall–Kier alpha value is -2.42. The minimum atomic E-state index is -3.73. The zero-order valence-electron chi connectivity index (χ0n) is 14.5. The maximum atomic E-state index is 12.0. The molecule has 2 aromatic rings. The predicted octanol–water partition coefficient (Wildman–Crippen LogP) is 1.89. The van der Waals surface area contributed by atoms with Crippen LogP contribution in [-0.2, 0) is 26.0 Å². The lowest BCUT2D eigenvalue weighted by Crippen LogP contribution is -2.36. The molecule has 1 atom stereocenters. The van der Waals surface area contributed by atoms with E-state index < -0.39 is 28.0 Å². The van der Waals surface area contributed by atoms with Crippen LogP contribution >= 0.6 is 11.6 Å². The molecule has 9 heteroatoms. The summed E-state index contributed by atoms with van der Waals surface area (Å²) in [5.41, 5.74) is 1.13. The number of sulfonamides is 1. The normalized spacial score (nSPS) is 12.3. The molecule has 0 bridgehead atoms. The summed E-state index contributed by atoms with van der Waals surface area (Å²) in [4.78, 5) is 24.0. The number of esters is 1. The Bertz CT molecular complexity index is 912. The fraction of sp³-hybridized carbons (Fsp3) is 0.222. The fourth-order valence-corrected chi connectivity index (χ4v) is 2.83. The highest BCUT2D eigenvalue weighted by Gasteiger charge is 2.18. The fourth-order valence-electron chi connectivity index (χ4n) is 2.19. The molecule has 0 heterocycles. The van der Waals surface area contributed by atoms with E-state index in [4.69, 9.17) is 21.5 Å². The minimum absolute atomic E-state index is 0.0259. The smallest absolute Gasteiger partial charge is 0.338 e. The Kier molecular flexibility index (Phi) is 6.95. The van der Waals surface area contributed by atoms with Crippen molar-refractivity contribution in [1.29, 1.82) is 0 Å². The number of halogens is 1. The average molecular weight is 411 g/mol. The summed E-state index contributed by atoms with van der Waals surface area (Å²) >= 11 is 5.76. The van der Waals surface area contributed by atoms with E-state index in [1.54, 1.807) is 24.3 Å². The number of primary sulfonamides is 1. The molecular formula is C18H19ClN2O5S. The van der Waals surface area contributed by atoms with E-state index in [9.17, 15) is 18.0 Å². The standard InChI is InChI=1S/C18H19ClN2O5S/c1-12(26-18(23)14-4-6-15(19)7-5-14)17(22)21-11-10-13-2-8-16(9-3-13)27(20,24)25/h2-9,12H,10-11H2,1H3,(H,21,22)(H2,20,24,25). The molecule has 0 aliphatic carbocycles. The van der Waals surface area contributed by atoms with Crippen LogP contribution in [0.5, 0.6) is 0 Å². The van der Waals surface area contributed by atoms with Crippen molar-refractivity contribution in [2.75, 3.05) is 6.54 Å². The number of benzene rings is 2. The van der Waals surface area contributed by atoms with E-state index in [0.717, 1.165) is 5.56 Å². The van der Waals surface area contributed by atoms with Gasteiger partial charge in [-0.15, -0.1) is 0 Å². The van der Waals surface area contributed by atoms with Crippen molar-refractivity contribution in [3.05, 3.63) is 64.7 Å². The van der Waals surface area contributed by atoms with Gasteiger partial charge >= 0.3 is 5.97 Å². The van der Waals surface area contributed by atoms with Gasteiger partial charge in [-0.05, 0) is 55.3 Å². The Labute approximate surface area is 162 Å². The van der Waals surface area contributed by atoms with Gasteiger partial charge in [0.15, 0.2) is 6.10 Å². The topological polar surface area (TPSA) is 116 Å². The van der Waals surface area contributed by atoms with Crippen molar-refractivity contribution < 1.29 is 22.7 Å². The molecular weight excluding hydrogens is 392 g/mol. The van der Waals surface area contributed by atoms with Crippen LogP contribution in [0.2, 0.25) is 5.02 Å². The third-order valence-corrected chi connectivity index (χ3v) is 4.88. The number of carbonyl (C=O) groups is 2. The summed E-state index contributed by atoms with van der Waals surface area (Å²) in [6.45, 7) is 1.78. The van der Waals surface area contributed by atoms with Crippen LogP contribution in [0, 0.1) is 0 Å². The van der Waals surface area contributed by atoms with E-state index in [0.29, 0.717) is 23.6 Å². The number of nitrogens with two attached hydrogens (primary N) is 1. The summed E-state index contributed by atoms with van der Waals surface area (Å²) in [6, 6.07) is 12.2. The largest absolute Gasteiger partial charge is 0.449 e. The first-order valence-electron chi connectivity index (χ1n) is 8.03. The molecule has 2 rings (SSSR count). The minimum Gasteiger partial charge on any atom is -0.449 e. The van der Waals surface area contributed by atoms with E-state index in [1.807, 2.05) is 0 Å². The Morgan fingerprint density at radius 3 is 2.26 bits per heavy atom. The van der Waals surface area contributed by atoms with Crippen LogP contribution < -0.4 is 10.5 Å². The monoisotopic (exact) mass is 410 g/mol. The average Bonchev–Trinajstić information content (AvgIpc) is 2.61. The highest BCUT2D eigenvalue weighted by molar-refractivity contribution is 7.89. The molecule has 0 saturated heterocycles. The Morgan fingerprint density at radius 1 is 1.11 bits per heavy atom. The summed E-state index contributed by atoms with van der Waals surface area (Å²) in [5.74, 6) is -1.05. The molecule has 1 unspecified atom stereocenters. The van der Waals surface area contributed by atoms with E-state index in [-0.39, 0.29) is 4.90 Å². The summed E-state index contributed by atoms with van der Waals surface area (Å²) < 4.78 is 27.5. The molecule has 3 N–H and O–H groups in total. The zero-order valence-corrected chi connectivity index (χ0v) is 16.1. The molecule has 0 aromatic heterocycles. The van der Waals surface area contributed by atoms with Crippen LogP contribution in [0.25, 0.3) is 0 Å². The Morgan fingerprint density at radius 2 is 1.70 bits per heavy atom. The van der Waals surface area contributed by atoms with Gasteiger partial charge in [0.25, 0.3) is 5.91 Å². The molecule has 27 heavy (non-hydrogen) atoms. The van der Waals surface area contributed by atoms with Gasteiger partial charge in [-0.1, -0.05) is 23.7 Å². The molecule has 0 spiro atoms. The SMILES string of the molecule is CC(OC(=O)c1ccc(Cl)cc1)C(=O)NCCc1ccc(S(N)(=O)=O)cc1. The second-order valence-corrected chi connectivity index (χ2v) is 7.78. The summed E-state index contributed by atoms with van der Waals surface area (Å²) in [6.07, 6.45) is -0.480. The number of carbonyl (C=O) groups excluding carboxylic acids is 2. The molecule has 0 fully saturated rings. The highest BCUT2D eigenvalue weighted by Crippen LogP contribution is 2.11. The highest BCUT2D eigenvalue weighted by atomic mass is 35.5. The first-order valence-corrected chi connectivity index (χ1v) is 9.95. The zero-order chi connectivity index (χ0) is 20.0. The summed E-state index contributed by atoms with van der Waals surface area (Å²) in [5, 5.41) is 8.19. The van der Waals surface area contributed by atoms with E-state index >= 15 is 0 Å².